The van der Waals surface area contributed by atoms with E-state index in [1.54, 1.807) is 26.0 Å². The van der Waals surface area contributed by atoms with Crippen molar-refractivity contribution in [3.8, 4) is 0 Å². The lowest BCUT2D eigenvalue weighted by molar-refractivity contribution is -0.121. The molecule has 7 nitrogen and oxygen atoms in total. The highest BCUT2D eigenvalue weighted by Gasteiger charge is 2.23. The van der Waals surface area contributed by atoms with Crippen LogP contribution in [0.5, 0.6) is 0 Å². The van der Waals surface area contributed by atoms with Crippen LogP contribution in [0.1, 0.15) is 16.8 Å². The molecule has 0 spiro atoms. The molecule has 0 aliphatic carbocycles. The molecule has 1 heterocycles. The summed E-state index contributed by atoms with van der Waals surface area (Å²) in [6.45, 7) is 3.26. The Kier molecular flexibility index (Phi) is 5.86. The topological polar surface area (TPSA) is 99.3 Å². The number of amides is 1. The lowest BCUT2D eigenvalue weighted by atomic mass is 10.1. The Hall–Kier alpha value is -2.97. The monoisotopic (exact) mass is 413 g/mol. The lowest BCUT2D eigenvalue weighted by Crippen LogP contribution is -2.38. The number of hydrogen-bond acceptors (Lipinski definition) is 4. The quantitative estimate of drug-likeness (QED) is 0.646. The van der Waals surface area contributed by atoms with E-state index in [1.165, 1.54) is 13.1 Å². The number of rotatable bonds is 6. The van der Waals surface area contributed by atoms with Crippen LogP contribution in [-0.4, -0.2) is 37.2 Å². The number of H-pyrrole nitrogens is 1. The van der Waals surface area contributed by atoms with Crippen LogP contribution in [0, 0.1) is 13.8 Å². The third-order valence-corrected chi connectivity index (χ3v) is 6.55. The molecule has 2 aromatic carbocycles. The highest BCUT2D eigenvalue weighted by Crippen LogP contribution is 2.21. The van der Waals surface area contributed by atoms with Crippen molar-refractivity contribution in [3.05, 3.63) is 75.7 Å². The number of fused-ring (bicyclic) bond motifs is 1. The number of likely N-dealkylation sites (N-methyl/N-ethyl adjacent to an activating group) is 1. The number of sulfonamides is 1. The van der Waals surface area contributed by atoms with Crippen LogP contribution in [0.25, 0.3) is 10.8 Å². The van der Waals surface area contributed by atoms with E-state index in [2.05, 4.69) is 10.3 Å². The Morgan fingerprint density at radius 1 is 1.07 bits per heavy atom. The fourth-order valence-electron chi connectivity index (χ4n) is 3.14. The second-order valence-electron chi connectivity index (χ2n) is 6.99. The number of aryl methyl sites for hydroxylation is 2. The summed E-state index contributed by atoms with van der Waals surface area (Å²) >= 11 is 0. The normalized spacial score (nSPS) is 11.7. The van der Waals surface area contributed by atoms with E-state index in [0.717, 1.165) is 26.3 Å². The van der Waals surface area contributed by atoms with Crippen molar-refractivity contribution >= 4 is 26.7 Å². The van der Waals surface area contributed by atoms with Crippen LogP contribution >= 0.6 is 0 Å². The zero-order chi connectivity index (χ0) is 21.2. The molecule has 1 aromatic heterocycles. The van der Waals surface area contributed by atoms with Crippen molar-refractivity contribution < 1.29 is 13.2 Å². The average Bonchev–Trinajstić information content (AvgIpc) is 2.66. The fourth-order valence-corrected chi connectivity index (χ4v) is 4.30. The van der Waals surface area contributed by atoms with Gasteiger partial charge in [-0.15, -0.1) is 0 Å². The molecule has 2 N–H and O–H groups in total. The number of carbonyl (C=O) groups excluding carboxylic acids is 1. The SMILES string of the molecule is Cc1cc(C)c(CNC(=O)CN(C)S(=O)(=O)c2ccc3ccccc3c2)c(=O)[nH]1. The molecule has 29 heavy (non-hydrogen) atoms. The first-order valence-electron chi connectivity index (χ1n) is 9.10. The van der Waals surface area contributed by atoms with E-state index < -0.39 is 15.9 Å². The van der Waals surface area contributed by atoms with Crippen molar-refractivity contribution in [2.75, 3.05) is 13.6 Å². The van der Waals surface area contributed by atoms with Gasteiger partial charge in [0.25, 0.3) is 5.56 Å². The number of benzene rings is 2. The molecule has 0 aliphatic heterocycles. The van der Waals surface area contributed by atoms with Crippen molar-refractivity contribution in [2.24, 2.45) is 0 Å². The first kappa shape index (κ1) is 20.8. The van der Waals surface area contributed by atoms with Crippen molar-refractivity contribution in [3.63, 3.8) is 0 Å². The standard InChI is InChI=1S/C21H23N3O4S/c1-14-10-15(2)23-21(26)19(14)12-22-20(25)13-24(3)29(27,28)18-9-8-16-6-4-5-7-17(16)11-18/h4-11H,12-13H2,1-3H3,(H,22,25)(H,23,26). The molecular weight excluding hydrogens is 390 g/mol. The van der Waals surface area contributed by atoms with Gasteiger partial charge in [-0.05, 0) is 48.4 Å². The van der Waals surface area contributed by atoms with Gasteiger partial charge in [0.15, 0.2) is 0 Å². The van der Waals surface area contributed by atoms with E-state index in [9.17, 15) is 18.0 Å². The Morgan fingerprint density at radius 2 is 1.76 bits per heavy atom. The summed E-state index contributed by atoms with van der Waals surface area (Å²) in [6, 6.07) is 14.1. The maximum absolute atomic E-state index is 12.8. The van der Waals surface area contributed by atoms with Crippen LogP contribution in [-0.2, 0) is 21.4 Å². The summed E-state index contributed by atoms with van der Waals surface area (Å²) < 4.78 is 26.6. The van der Waals surface area contributed by atoms with Gasteiger partial charge >= 0.3 is 0 Å². The van der Waals surface area contributed by atoms with E-state index in [0.29, 0.717) is 5.56 Å². The summed E-state index contributed by atoms with van der Waals surface area (Å²) in [7, 11) is -2.47. The van der Waals surface area contributed by atoms with E-state index in [4.69, 9.17) is 0 Å². The second kappa shape index (κ2) is 8.18. The van der Waals surface area contributed by atoms with E-state index in [-0.39, 0.29) is 23.5 Å². The highest BCUT2D eigenvalue weighted by molar-refractivity contribution is 7.89. The summed E-state index contributed by atoms with van der Waals surface area (Å²) in [6.07, 6.45) is 0. The molecule has 0 saturated heterocycles. The number of nitrogens with zero attached hydrogens (tertiary/aromatic N) is 1. The highest BCUT2D eigenvalue weighted by atomic mass is 32.2. The predicted molar refractivity (Wildman–Crippen MR) is 112 cm³/mol. The first-order valence-corrected chi connectivity index (χ1v) is 10.5. The molecule has 0 saturated carbocycles. The molecule has 0 unspecified atom stereocenters. The molecule has 1 amide bonds. The third kappa shape index (κ3) is 4.55. The van der Waals surface area contributed by atoms with Crippen molar-refractivity contribution in [2.45, 2.75) is 25.3 Å². The third-order valence-electron chi connectivity index (χ3n) is 4.75. The van der Waals surface area contributed by atoms with Gasteiger partial charge in [-0.2, -0.15) is 4.31 Å². The largest absolute Gasteiger partial charge is 0.351 e. The van der Waals surface area contributed by atoms with Crippen LogP contribution in [0.4, 0.5) is 0 Å². The van der Waals surface area contributed by atoms with Crippen molar-refractivity contribution in [1.82, 2.24) is 14.6 Å². The maximum atomic E-state index is 12.8. The molecule has 3 rings (SSSR count). The van der Waals surface area contributed by atoms with E-state index in [1.807, 2.05) is 30.3 Å². The molecule has 0 atom stereocenters. The van der Waals surface area contributed by atoms with Gasteiger partial charge in [0.05, 0.1) is 11.4 Å². The lowest BCUT2D eigenvalue weighted by Gasteiger charge is -2.17. The fraction of sp³-hybridized carbons (Fsp3) is 0.238. The van der Waals surface area contributed by atoms with Crippen LogP contribution in [0.2, 0.25) is 0 Å². The van der Waals surface area contributed by atoms with Crippen molar-refractivity contribution in [1.29, 1.82) is 0 Å². The molecular formula is C21H23N3O4S. The van der Waals surface area contributed by atoms with Gasteiger partial charge in [0.2, 0.25) is 15.9 Å². The minimum absolute atomic E-state index is 0.0319. The van der Waals surface area contributed by atoms with Crippen LogP contribution in [0.3, 0.4) is 0 Å². The zero-order valence-corrected chi connectivity index (χ0v) is 17.3. The molecule has 152 valence electrons. The van der Waals surface area contributed by atoms with Gasteiger partial charge in [-0.25, -0.2) is 8.42 Å². The van der Waals surface area contributed by atoms with Gasteiger partial charge in [0.1, 0.15) is 0 Å². The summed E-state index contributed by atoms with van der Waals surface area (Å²) in [5, 5.41) is 4.36. The Morgan fingerprint density at radius 3 is 2.45 bits per heavy atom. The minimum Gasteiger partial charge on any atom is -0.351 e. The van der Waals surface area contributed by atoms with Gasteiger partial charge in [-0.1, -0.05) is 30.3 Å². The molecule has 0 fully saturated rings. The summed E-state index contributed by atoms with van der Waals surface area (Å²) in [5.41, 5.74) is 1.69. The van der Waals surface area contributed by atoms with E-state index >= 15 is 0 Å². The number of aromatic amines is 1. The Balaban J connectivity index is 1.70. The summed E-state index contributed by atoms with van der Waals surface area (Å²) in [4.78, 5) is 27.1. The van der Waals surface area contributed by atoms with Gasteiger partial charge < -0.3 is 10.3 Å². The summed E-state index contributed by atoms with van der Waals surface area (Å²) in [5.74, 6) is -0.490. The van der Waals surface area contributed by atoms with Crippen LogP contribution in [0.15, 0.2) is 58.2 Å². The first-order chi connectivity index (χ1) is 13.7. The molecule has 0 radical (unpaired) electrons. The number of carbonyl (C=O) groups is 1. The molecule has 3 aromatic rings. The number of pyridine rings is 1. The molecule has 0 aliphatic rings. The average molecular weight is 413 g/mol. The Bertz CT molecular complexity index is 1230. The van der Waals surface area contributed by atoms with Crippen LogP contribution < -0.4 is 10.9 Å². The number of aromatic nitrogens is 1. The minimum atomic E-state index is -3.83. The van der Waals surface area contributed by atoms with Gasteiger partial charge in [0, 0.05) is 24.8 Å². The zero-order valence-electron chi connectivity index (χ0n) is 16.5. The number of hydrogen-bond donors (Lipinski definition) is 2. The van der Waals surface area contributed by atoms with Gasteiger partial charge in [-0.3, -0.25) is 9.59 Å². The predicted octanol–water partition coefficient (Wildman–Crippen LogP) is 2.08. The Labute approximate surface area is 169 Å². The number of nitrogens with one attached hydrogen (secondary N) is 2. The smallest absolute Gasteiger partial charge is 0.253 e. The molecule has 8 heteroatoms. The molecule has 0 bridgehead atoms. The maximum Gasteiger partial charge on any atom is 0.253 e. The second-order valence-corrected chi connectivity index (χ2v) is 9.03.